The van der Waals surface area contributed by atoms with E-state index in [0.29, 0.717) is 31.7 Å². The summed E-state index contributed by atoms with van der Waals surface area (Å²) in [4.78, 5) is 13.2. The molecule has 1 spiro atoms. The summed E-state index contributed by atoms with van der Waals surface area (Å²) in [6.07, 6.45) is 5.58. The zero-order valence-corrected chi connectivity index (χ0v) is 15.5. The lowest BCUT2D eigenvalue weighted by Gasteiger charge is -2.56. The van der Waals surface area contributed by atoms with E-state index in [-0.39, 0.29) is 29.1 Å². The molecule has 0 amide bonds. The van der Waals surface area contributed by atoms with Crippen LogP contribution < -0.4 is 0 Å². The Morgan fingerprint density at radius 1 is 1.12 bits per heavy atom. The number of halogens is 1. The number of epoxide rings is 1. The molecule has 0 aromatic heterocycles. The molecule has 8 atom stereocenters. The van der Waals surface area contributed by atoms with Gasteiger partial charge in [0.05, 0.1) is 19.3 Å². The maximum Gasteiger partial charge on any atom is 0.205 e. The van der Waals surface area contributed by atoms with Crippen molar-refractivity contribution in [1.29, 1.82) is 0 Å². The van der Waals surface area contributed by atoms with Gasteiger partial charge in [0.2, 0.25) is 5.79 Å². The second-order valence-electron chi connectivity index (χ2n) is 9.82. The molecule has 142 valence electrons. The number of ketones is 1. The largest absolute Gasteiger partial charge is 0.365 e. The average molecular weight is 362 g/mol. The third-order valence-electron chi connectivity index (χ3n) is 8.99. The highest BCUT2D eigenvalue weighted by atomic mass is 19.1. The maximum absolute atomic E-state index is 15.2. The molecule has 0 bridgehead atoms. The second kappa shape index (κ2) is 4.79. The van der Waals surface area contributed by atoms with Crippen LogP contribution in [0.5, 0.6) is 0 Å². The molecule has 5 heteroatoms. The SMILES string of the molecule is C[C@]12CC[C@H]3O[C@H]3C1=CC(=O)[C@@H]1[C@@H]2CC[C@@]2(C)[C@H]1C[C@@H](F)C21OCCO1. The number of carbonyl (C=O) groups is 1. The van der Waals surface area contributed by atoms with Crippen LogP contribution in [-0.2, 0) is 19.0 Å². The summed E-state index contributed by atoms with van der Waals surface area (Å²) >= 11 is 0. The van der Waals surface area contributed by atoms with Crippen molar-refractivity contribution in [2.75, 3.05) is 13.2 Å². The Kier molecular flexibility index (Phi) is 2.98. The second-order valence-corrected chi connectivity index (χ2v) is 9.82. The molecule has 0 N–H and O–H groups in total. The molecule has 6 aliphatic rings. The lowest BCUT2D eigenvalue weighted by Crippen LogP contribution is -2.58. The minimum Gasteiger partial charge on any atom is -0.365 e. The van der Waals surface area contributed by atoms with Crippen LogP contribution in [0.2, 0.25) is 0 Å². The Bertz CT molecular complexity index is 713. The van der Waals surface area contributed by atoms with Crippen molar-refractivity contribution in [1.82, 2.24) is 0 Å². The van der Waals surface area contributed by atoms with Crippen LogP contribution in [0.15, 0.2) is 11.6 Å². The lowest BCUT2D eigenvalue weighted by molar-refractivity contribution is -0.261. The van der Waals surface area contributed by atoms with Crippen molar-refractivity contribution in [3.8, 4) is 0 Å². The number of alkyl halides is 1. The van der Waals surface area contributed by atoms with Gasteiger partial charge < -0.3 is 14.2 Å². The molecule has 5 fully saturated rings. The molecule has 4 aliphatic carbocycles. The minimum atomic E-state index is -1.15. The predicted octanol–water partition coefficient (Wildman–Crippen LogP) is 3.20. The summed E-state index contributed by atoms with van der Waals surface area (Å²) in [6, 6.07) is 0. The van der Waals surface area contributed by atoms with Crippen LogP contribution >= 0.6 is 0 Å². The number of rotatable bonds is 0. The molecule has 0 unspecified atom stereocenters. The van der Waals surface area contributed by atoms with Gasteiger partial charge in [0.1, 0.15) is 6.10 Å². The quantitative estimate of drug-likeness (QED) is 0.621. The standard InChI is InChI=1S/C21H27FO4/c1-19-5-4-15-18(26-15)13(19)9-14(23)17-11(19)3-6-20(2)12(17)10-16(22)21(20)24-7-8-25-21/h9,11-12,15-18H,3-8,10H2,1-2H3/t11-,12-,15+,16+,17+,18-,19+,20-/m0/s1. The zero-order chi connectivity index (χ0) is 17.9. The lowest BCUT2D eigenvalue weighted by atomic mass is 9.47. The molecule has 0 radical (unpaired) electrons. The number of hydrogen-bond donors (Lipinski definition) is 0. The van der Waals surface area contributed by atoms with Crippen LogP contribution in [-0.4, -0.2) is 43.2 Å². The zero-order valence-electron chi connectivity index (χ0n) is 15.5. The van der Waals surface area contributed by atoms with Gasteiger partial charge in [-0.2, -0.15) is 0 Å². The summed E-state index contributed by atoms with van der Waals surface area (Å²) in [5.41, 5.74) is 0.826. The highest BCUT2D eigenvalue weighted by Crippen LogP contribution is 2.69. The van der Waals surface area contributed by atoms with Crippen LogP contribution in [0.1, 0.15) is 46.0 Å². The van der Waals surface area contributed by atoms with Gasteiger partial charge in [-0.25, -0.2) is 4.39 Å². The van der Waals surface area contributed by atoms with E-state index >= 15 is 4.39 Å². The summed E-state index contributed by atoms with van der Waals surface area (Å²) in [5.74, 6) is -0.762. The molecule has 3 saturated carbocycles. The normalized spacial score (nSPS) is 56.4. The fourth-order valence-electron chi connectivity index (χ4n) is 7.57. The maximum atomic E-state index is 15.2. The van der Waals surface area contributed by atoms with Gasteiger partial charge >= 0.3 is 0 Å². The van der Waals surface area contributed by atoms with Crippen molar-refractivity contribution in [2.24, 2.45) is 28.6 Å². The van der Waals surface area contributed by atoms with Gasteiger partial charge in [0.15, 0.2) is 12.0 Å². The van der Waals surface area contributed by atoms with Gasteiger partial charge in [0.25, 0.3) is 0 Å². The molecule has 2 heterocycles. The molecule has 2 aliphatic heterocycles. The molecular formula is C21H27FO4. The molecule has 0 aromatic rings. The Balaban J connectivity index is 1.44. The Morgan fingerprint density at radius 3 is 2.65 bits per heavy atom. The first-order chi connectivity index (χ1) is 12.4. The van der Waals surface area contributed by atoms with Crippen LogP contribution in [0.25, 0.3) is 0 Å². The smallest absolute Gasteiger partial charge is 0.205 e. The number of allylic oxidation sites excluding steroid dienone is 1. The minimum absolute atomic E-state index is 0.00526. The summed E-state index contributed by atoms with van der Waals surface area (Å²) < 4.78 is 32.9. The van der Waals surface area contributed by atoms with E-state index < -0.39 is 17.4 Å². The Hall–Kier alpha value is -0.780. The van der Waals surface area contributed by atoms with Gasteiger partial charge in [-0.15, -0.1) is 0 Å². The van der Waals surface area contributed by atoms with E-state index in [0.717, 1.165) is 25.7 Å². The van der Waals surface area contributed by atoms with Crippen LogP contribution in [0.3, 0.4) is 0 Å². The molecule has 4 nitrogen and oxygen atoms in total. The summed E-state index contributed by atoms with van der Waals surface area (Å²) in [7, 11) is 0. The first kappa shape index (κ1) is 16.2. The van der Waals surface area contributed by atoms with E-state index in [1.165, 1.54) is 5.57 Å². The van der Waals surface area contributed by atoms with Gasteiger partial charge in [-0.3, -0.25) is 4.79 Å². The average Bonchev–Trinajstić information content (AvgIpc) is 3.15. The van der Waals surface area contributed by atoms with Crippen molar-refractivity contribution in [3.63, 3.8) is 0 Å². The Labute approximate surface area is 153 Å². The van der Waals surface area contributed by atoms with E-state index in [2.05, 4.69) is 13.8 Å². The predicted molar refractivity (Wildman–Crippen MR) is 91.1 cm³/mol. The van der Waals surface area contributed by atoms with Crippen molar-refractivity contribution in [2.45, 2.75) is 70.1 Å². The number of hydrogen-bond acceptors (Lipinski definition) is 4. The molecule has 26 heavy (non-hydrogen) atoms. The molecular weight excluding hydrogens is 335 g/mol. The van der Waals surface area contributed by atoms with E-state index in [9.17, 15) is 4.79 Å². The molecule has 0 aromatic carbocycles. The van der Waals surface area contributed by atoms with E-state index in [1.807, 2.05) is 6.08 Å². The van der Waals surface area contributed by atoms with E-state index in [4.69, 9.17) is 14.2 Å². The number of fused-ring (bicyclic) bond motifs is 8. The third kappa shape index (κ3) is 1.66. The third-order valence-corrected chi connectivity index (χ3v) is 8.99. The van der Waals surface area contributed by atoms with Crippen molar-refractivity contribution in [3.05, 3.63) is 11.6 Å². The van der Waals surface area contributed by atoms with Crippen LogP contribution in [0, 0.1) is 28.6 Å². The summed E-state index contributed by atoms with van der Waals surface area (Å²) in [6.45, 7) is 5.33. The van der Waals surface area contributed by atoms with Crippen molar-refractivity contribution < 1.29 is 23.4 Å². The fourth-order valence-corrected chi connectivity index (χ4v) is 7.57. The number of carbonyl (C=O) groups excluding carboxylic acids is 1. The highest BCUT2D eigenvalue weighted by molar-refractivity contribution is 5.95. The topological polar surface area (TPSA) is 48.1 Å². The van der Waals surface area contributed by atoms with E-state index in [1.54, 1.807) is 0 Å². The first-order valence-electron chi connectivity index (χ1n) is 10.2. The molecule has 2 saturated heterocycles. The van der Waals surface area contributed by atoms with Crippen LogP contribution in [0.4, 0.5) is 4.39 Å². The van der Waals surface area contributed by atoms with Gasteiger partial charge in [0, 0.05) is 11.3 Å². The fraction of sp³-hybridized carbons (Fsp3) is 0.857. The highest BCUT2D eigenvalue weighted by Gasteiger charge is 2.73. The number of ether oxygens (including phenoxy) is 3. The molecule has 6 rings (SSSR count). The first-order valence-corrected chi connectivity index (χ1v) is 10.2. The summed E-state index contributed by atoms with van der Waals surface area (Å²) in [5, 5.41) is 0. The monoisotopic (exact) mass is 362 g/mol. The van der Waals surface area contributed by atoms with Gasteiger partial charge in [-0.1, -0.05) is 13.8 Å². The van der Waals surface area contributed by atoms with Crippen molar-refractivity contribution >= 4 is 5.78 Å². The van der Waals surface area contributed by atoms with Gasteiger partial charge in [-0.05, 0) is 61.0 Å². The Morgan fingerprint density at radius 2 is 1.88 bits per heavy atom.